The van der Waals surface area contributed by atoms with Crippen LogP contribution in [0.25, 0.3) is 0 Å². The highest BCUT2D eigenvalue weighted by atomic mass is 35.5. The lowest BCUT2D eigenvalue weighted by atomic mass is 9.92. The molecular formula is C19H20ClFN2O2. The van der Waals surface area contributed by atoms with Gasteiger partial charge in [-0.2, -0.15) is 0 Å². The molecule has 3 rings (SSSR count). The van der Waals surface area contributed by atoms with Crippen molar-refractivity contribution in [3.05, 3.63) is 58.4 Å². The van der Waals surface area contributed by atoms with Crippen molar-refractivity contribution in [2.45, 2.75) is 25.7 Å². The molecule has 0 unspecified atom stereocenters. The number of fused-ring (bicyclic) bond motifs is 1. The van der Waals surface area contributed by atoms with E-state index in [1.165, 1.54) is 42.2 Å². The highest BCUT2D eigenvalue weighted by Crippen LogP contribution is 2.25. The second-order valence-electron chi connectivity index (χ2n) is 6.00. The number of rotatable bonds is 5. The van der Waals surface area contributed by atoms with E-state index in [1.807, 2.05) is 6.07 Å². The molecule has 0 atom stereocenters. The third-order valence-electron chi connectivity index (χ3n) is 4.15. The molecular weight excluding hydrogens is 343 g/mol. The number of amides is 2. The standard InChI is InChI=1S/C19H20ClFN2O2/c20-17-12-15(6-8-18(17)21)23-19(24)22-9-10-25-16-7-5-13-3-1-2-4-14(13)11-16/h5-8,11-12H,1-4,9-10H2,(H2,22,23,24). The fourth-order valence-corrected chi connectivity index (χ4v) is 3.06. The summed E-state index contributed by atoms with van der Waals surface area (Å²) >= 11 is 5.68. The van der Waals surface area contributed by atoms with Crippen LogP contribution in [0.1, 0.15) is 24.0 Å². The van der Waals surface area contributed by atoms with Crippen molar-refractivity contribution in [1.82, 2.24) is 5.32 Å². The molecule has 4 nitrogen and oxygen atoms in total. The summed E-state index contributed by atoms with van der Waals surface area (Å²) in [4.78, 5) is 11.8. The monoisotopic (exact) mass is 362 g/mol. The fourth-order valence-electron chi connectivity index (χ4n) is 2.88. The zero-order valence-electron chi connectivity index (χ0n) is 13.8. The SMILES string of the molecule is O=C(NCCOc1ccc2c(c1)CCCC2)Nc1ccc(F)c(Cl)c1. The van der Waals surface area contributed by atoms with Crippen LogP contribution in [0.3, 0.4) is 0 Å². The first-order valence-electron chi connectivity index (χ1n) is 8.36. The smallest absolute Gasteiger partial charge is 0.319 e. The Balaban J connectivity index is 1.42. The number of urea groups is 1. The van der Waals surface area contributed by atoms with Gasteiger partial charge in [-0.05, 0) is 67.1 Å². The molecule has 132 valence electrons. The third-order valence-corrected chi connectivity index (χ3v) is 4.44. The summed E-state index contributed by atoms with van der Waals surface area (Å²) in [5, 5.41) is 5.25. The van der Waals surface area contributed by atoms with E-state index in [0.717, 1.165) is 18.6 Å². The molecule has 25 heavy (non-hydrogen) atoms. The summed E-state index contributed by atoms with van der Waals surface area (Å²) in [6.07, 6.45) is 4.73. The topological polar surface area (TPSA) is 50.4 Å². The predicted molar refractivity (Wildman–Crippen MR) is 97.0 cm³/mol. The van der Waals surface area contributed by atoms with Crippen LogP contribution in [0.4, 0.5) is 14.9 Å². The first-order valence-corrected chi connectivity index (χ1v) is 8.74. The lowest BCUT2D eigenvalue weighted by molar-refractivity contribution is 0.247. The summed E-state index contributed by atoms with van der Waals surface area (Å²) in [5.41, 5.74) is 3.20. The van der Waals surface area contributed by atoms with E-state index in [1.54, 1.807) is 0 Å². The zero-order valence-corrected chi connectivity index (χ0v) is 14.5. The summed E-state index contributed by atoms with van der Waals surface area (Å²) in [6.45, 7) is 0.730. The van der Waals surface area contributed by atoms with Gasteiger partial charge in [-0.3, -0.25) is 0 Å². The van der Waals surface area contributed by atoms with Gasteiger partial charge >= 0.3 is 6.03 Å². The molecule has 0 radical (unpaired) electrons. The predicted octanol–water partition coefficient (Wildman–Crippen LogP) is 4.56. The van der Waals surface area contributed by atoms with Gasteiger partial charge in [-0.15, -0.1) is 0 Å². The number of ether oxygens (including phenoxy) is 1. The van der Waals surface area contributed by atoms with E-state index in [0.29, 0.717) is 18.8 Å². The molecule has 2 N–H and O–H groups in total. The maximum absolute atomic E-state index is 13.1. The van der Waals surface area contributed by atoms with E-state index in [-0.39, 0.29) is 5.02 Å². The molecule has 2 aromatic carbocycles. The van der Waals surface area contributed by atoms with Crippen LogP contribution in [0.2, 0.25) is 5.02 Å². The molecule has 0 fully saturated rings. The minimum Gasteiger partial charge on any atom is -0.492 e. The normalized spacial score (nSPS) is 13.0. The van der Waals surface area contributed by atoms with Crippen molar-refractivity contribution in [1.29, 1.82) is 0 Å². The first-order chi connectivity index (χ1) is 12.1. The molecule has 1 aliphatic rings. The number of halogens is 2. The van der Waals surface area contributed by atoms with E-state index >= 15 is 0 Å². The van der Waals surface area contributed by atoms with Crippen molar-refractivity contribution >= 4 is 23.3 Å². The first kappa shape index (κ1) is 17.5. The Hall–Kier alpha value is -2.27. The van der Waals surface area contributed by atoms with E-state index in [9.17, 15) is 9.18 Å². The van der Waals surface area contributed by atoms with Crippen LogP contribution in [0.5, 0.6) is 5.75 Å². The van der Waals surface area contributed by atoms with Gasteiger partial charge in [-0.25, -0.2) is 9.18 Å². The van der Waals surface area contributed by atoms with Crippen LogP contribution in [-0.2, 0) is 12.8 Å². The fraction of sp³-hybridized carbons (Fsp3) is 0.316. The van der Waals surface area contributed by atoms with Crippen molar-refractivity contribution in [2.75, 3.05) is 18.5 Å². The summed E-state index contributed by atoms with van der Waals surface area (Å²) in [7, 11) is 0. The Morgan fingerprint density at radius 1 is 1.12 bits per heavy atom. The molecule has 0 bridgehead atoms. The van der Waals surface area contributed by atoms with Crippen molar-refractivity contribution in [3.8, 4) is 5.75 Å². The second kappa shape index (κ2) is 8.21. The maximum Gasteiger partial charge on any atom is 0.319 e. The van der Waals surface area contributed by atoms with Gasteiger partial charge in [0.05, 0.1) is 11.6 Å². The average molecular weight is 363 g/mol. The molecule has 2 amide bonds. The Kier molecular flexibility index (Phi) is 5.76. The molecule has 0 aromatic heterocycles. The van der Waals surface area contributed by atoms with E-state index in [2.05, 4.69) is 22.8 Å². The number of carbonyl (C=O) groups excluding carboxylic acids is 1. The van der Waals surface area contributed by atoms with Gasteiger partial charge in [0, 0.05) is 5.69 Å². The van der Waals surface area contributed by atoms with Crippen LogP contribution in [0, 0.1) is 5.82 Å². The Morgan fingerprint density at radius 3 is 2.72 bits per heavy atom. The number of nitrogens with one attached hydrogen (secondary N) is 2. The van der Waals surface area contributed by atoms with Gasteiger partial charge < -0.3 is 15.4 Å². The molecule has 0 heterocycles. The quantitative estimate of drug-likeness (QED) is 0.766. The number of benzene rings is 2. The van der Waals surface area contributed by atoms with Gasteiger partial charge in [0.2, 0.25) is 0 Å². The number of hydrogen-bond acceptors (Lipinski definition) is 2. The zero-order chi connectivity index (χ0) is 17.6. The number of anilines is 1. The van der Waals surface area contributed by atoms with E-state index < -0.39 is 11.8 Å². The van der Waals surface area contributed by atoms with Crippen LogP contribution >= 0.6 is 11.6 Å². The lowest BCUT2D eigenvalue weighted by Gasteiger charge is -2.17. The summed E-state index contributed by atoms with van der Waals surface area (Å²) < 4.78 is 18.8. The Labute approximate surface area is 151 Å². The van der Waals surface area contributed by atoms with Crippen LogP contribution in [0.15, 0.2) is 36.4 Å². The van der Waals surface area contributed by atoms with Crippen molar-refractivity contribution < 1.29 is 13.9 Å². The van der Waals surface area contributed by atoms with Crippen molar-refractivity contribution in [3.63, 3.8) is 0 Å². The number of carbonyl (C=O) groups is 1. The summed E-state index contributed by atoms with van der Waals surface area (Å²) in [5.74, 6) is 0.305. The summed E-state index contributed by atoms with van der Waals surface area (Å²) in [6, 6.07) is 9.82. The largest absolute Gasteiger partial charge is 0.492 e. The highest BCUT2D eigenvalue weighted by Gasteiger charge is 2.10. The number of hydrogen-bond donors (Lipinski definition) is 2. The molecule has 0 saturated carbocycles. The minimum absolute atomic E-state index is 0.0338. The van der Waals surface area contributed by atoms with Crippen LogP contribution < -0.4 is 15.4 Å². The molecule has 2 aromatic rings. The maximum atomic E-state index is 13.1. The molecule has 1 aliphatic carbocycles. The highest BCUT2D eigenvalue weighted by molar-refractivity contribution is 6.31. The van der Waals surface area contributed by atoms with Gasteiger partial charge in [0.25, 0.3) is 0 Å². The van der Waals surface area contributed by atoms with E-state index in [4.69, 9.17) is 16.3 Å². The third kappa shape index (κ3) is 4.86. The molecule has 6 heteroatoms. The Bertz CT molecular complexity index is 767. The average Bonchev–Trinajstić information content (AvgIpc) is 2.62. The van der Waals surface area contributed by atoms with Crippen molar-refractivity contribution in [2.24, 2.45) is 0 Å². The van der Waals surface area contributed by atoms with Crippen LogP contribution in [-0.4, -0.2) is 19.2 Å². The molecule has 0 saturated heterocycles. The van der Waals surface area contributed by atoms with Gasteiger partial charge in [0.1, 0.15) is 18.2 Å². The second-order valence-corrected chi connectivity index (χ2v) is 6.40. The van der Waals surface area contributed by atoms with Gasteiger partial charge in [-0.1, -0.05) is 17.7 Å². The molecule has 0 spiro atoms. The Morgan fingerprint density at radius 2 is 1.92 bits per heavy atom. The van der Waals surface area contributed by atoms with Gasteiger partial charge in [0.15, 0.2) is 0 Å². The minimum atomic E-state index is -0.522. The lowest BCUT2D eigenvalue weighted by Crippen LogP contribution is -2.32. The number of aryl methyl sites for hydroxylation is 2. The molecule has 0 aliphatic heterocycles.